The van der Waals surface area contributed by atoms with E-state index >= 15 is 0 Å². The van der Waals surface area contributed by atoms with Gasteiger partial charge in [-0.2, -0.15) is 0 Å². The molecule has 0 aliphatic rings. The summed E-state index contributed by atoms with van der Waals surface area (Å²) in [6, 6.07) is 23.8. The fraction of sp³-hybridized carbons (Fsp3) is 0.0500. The van der Waals surface area contributed by atoms with Gasteiger partial charge in [-0.15, -0.1) is 0 Å². The summed E-state index contributed by atoms with van der Waals surface area (Å²) in [5, 5.41) is 8.70. The molecule has 1 aromatic heterocycles. The first-order valence-electron chi connectivity index (χ1n) is 7.85. The second-order valence-corrected chi connectivity index (χ2v) is 5.77. The summed E-state index contributed by atoms with van der Waals surface area (Å²) in [7, 11) is 0. The average molecular weight is 315 g/mol. The maximum Gasteiger partial charge on any atom is 0.295 e. The van der Waals surface area contributed by atoms with Crippen LogP contribution in [0.25, 0.3) is 16.5 Å². The van der Waals surface area contributed by atoms with Crippen molar-refractivity contribution in [3.05, 3.63) is 88.8 Å². The van der Waals surface area contributed by atoms with E-state index in [9.17, 15) is 4.79 Å². The number of hydrogen-bond acceptors (Lipinski definition) is 2. The molecule has 0 saturated heterocycles. The minimum atomic E-state index is -0.0909. The van der Waals surface area contributed by atoms with Crippen LogP contribution >= 0.6 is 0 Å². The highest BCUT2D eigenvalue weighted by molar-refractivity contribution is 5.86. The van der Waals surface area contributed by atoms with Crippen molar-refractivity contribution in [1.29, 1.82) is 0 Å². The lowest BCUT2D eigenvalue weighted by Gasteiger charge is -2.06. The Hall–Kier alpha value is -3.27. The quantitative estimate of drug-likeness (QED) is 0.590. The van der Waals surface area contributed by atoms with Gasteiger partial charge in [0.2, 0.25) is 0 Å². The number of rotatable bonds is 3. The second-order valence-electron chi connectivity index (χ2n) is 5.77. The number of nitrogens with one attached hydrogen (secondary N) is 2. The maximum atomic E-state index is 12.7. The van der Waals surface area contributed by atoms with E-state index in [0.717, 1.165) is 22.5 Å². The third-order valence-corrected chi connectivity index (χ3v) is 4.10. The summed E-state index contributed by atoms with van der Waals surface area (Å²) in [5.41, 5.74) is 2.99. The maximum absolute atomic E-state index is 12.7. The second kappa shape index (κ2) is 5.74. The summed E-state index contributed by atoms with van der Waals surface area (Å²) in [6.07, 6.45) is 0. The molecule has 0 spiro atoms. The minimum absolute atomic E-state index is 0.0909. The summed E-state index contributed by atoms with van der Waals surface area (Å²) < 4.78 is 1.55. The van der Waals surface area contributed by atoms with Gasteiger partial charge in [0.25, 0.3) is 5.56 Å². The van der Waals surface area contributed by atoms with Gasteiger partial charge < -0.3 is 5.32 Å². The zero-order valence-corrected chi connectivity index (χ0v) is 13.3. The van der Waals surface area contributed by atoms with Crippen LogP contribution in [-0.4, -0.2) is 9.78 Å². The number of aromatic nitrogens is 2. The Balaban J connectivity index is 1.74. The lowest BCUT2D eigenvalue weighted by Crippen LogP contribution is -2.16. The van der Waals surface area contributed by atoms with Crippen molar-refractivity contribution in [2.24, 2.45) is 0 Å². The zero-order chi connectivity index (χ0) is 16.5. The molecule has 0 fully saturated rings. The molecule has 4 rings (SSSR count). The third-order valence-electron chi connectivity index (χ3n) is 4.10. The molecular formula is C20H17N3O. The zero-order valence-electron chi connectivity index (χ0n) is 13.3. The fourth-order valence-corrected chi connectivity index (χ4v) is 2.86. The van der Waals surface area contributed by atoms with Crippen LogP contribution < -0.4 is 10.9 Å². The van der Waals surface area contributed by atoms with E-state index in [1.165, 1.54) is 5.39 Å². The van der Waals surface area contributed by atoms with Gasteiger partial charge in [0.05, 0.1) is 11.4 Å². The first-order chi connectivity index (χ1) is 11.7. The van der Waals surface area contributed by atoms with E-state index in [1.54, 1.807) is 4.68 Å². The van der Waals surface area contributed by atoms with Gasteiger partial charge in [0.15, 0.2) is 0 Å². The molecule has 4 heteroatoms. The van der Waals surface area contributed by atoms with E-state index in [1.807, 2.05) is 61.5 Å². The van der Waals surface area contributed by atoms with Crippen molar-refractivity contribution < 1.29 is 0 Å². The van der Waals surface area contributed by atoms with Crippen LogP contribution in [0.3, 0.4) is 0 Å². The van der Waals surface area contributed by atoms with Crippen LogP contribution in [0.15, 0.2) is 77.6 Å². The number of H-pyrrole nitrogens is 1. The van der Waals surface area contributed by atoms with Gasteiger partial charge in [-0.25, -0.2) is 4.68 Å². The number of nitrogens with zero attached hydrogens (tertiary/aromatic N) is 1. The minimum Gasteiger partial charge on any atom is -0.349 e. The van der Waals surface area contributed by atoms with Gasteiger partial charge in [0, 0.05) is 5.69 Å². The van der Waals surface area contributed by atoms with Crippen molar-refractivity contribution in [2.45, 2.75) is 6.92 Å². The van der Waals surface area contributed by atoms with Crippen LogP contribution in [0.1, 0.15) is 5.69 Å². The molecule has 0 saturated carbocycles. The Morgan fingerprint density at radius 2 is 1.58 bits per heavy atom. The highest BCUT2D eigenvalue weighted by Gasteiger charge is 2.12. The Morgan fingerprint density at radius 3 is 2.38 bits per heavy atom. The lowest BCUT2D eigenvalue weighted by atomic mass is 10.1. The average Bonchev–Trinajstić information content (AvgIpc) is 2.90. The van der Waals surface area contributed by atoms with Crippen LogP contribution in [0.5, 0.6) is 0 Å². The highest BCUT2D eigenvalue weighted by Crippen LogP contribution is 2.22. The number of fused-ring (bicyclic) bond motifs is 1. The predicted octanol–water partition coefficient (Wildman–Crippen LogP) is 4.37. The van der Waals surface area contributed by atoms with E-state index in [-0.39, 0.29) is 5.56 Å². The highest BCUT2D eigenvalue weighted by atomic mass is 16.1. The van der Waals surface area contributed by atoms with Gasteiger partial charge in [-0.05, 0) is 42.0 Å². The van der Waals surface area contributed by atoms with Gasteiger partial charge >= 0.3 is 0 Å². The van der Waals surface area contributed by atoms with Gasteiger partial charge in [-0.1, -0.05) is 48.5 Å². The number of anilines is 2. The van der Waals surface area contributed by atoms with Crippen LogP contribution in [0.2, 0.25) is 0 Å². The van der Waals surface area contributed by atoms with Crippen LogP contribution in [0, 0.1) is 6.92 Å². The summed E-state index contributed by atoms with van der Waals surface area (Å²) in [4.78, 5) is 12.7. The molecule has 0 aliphatic heterocycles. The fourth-order valence-electron chi connectivity index (χ4n) is 2.86. The normalized spacial score (nSPS) is 10.9. The standard InChI is InChI=1S/C20H17N3O/c1-14-19(20(24)23(22-14)18-9-3-2-4-10-18)21-17-12-11-15-7-5-6-8-16(15)13-17/h2-13,21-22H,1H3. The molecule has 2 N–H and O–H groups in total. The number of aromatic amines is 1. The number of benzene rings is 3. The molecular weight excluding hydrogens is 298 g/mol. The number of hydrogen-bond donors (Lipinski definition) is 2. The molecule has 3 aromatic carbocycles. The van der Waals surface area contributed by atoms with Crippen LogP contribution in [-0.2, 0) is 0 Å². The molecule has 1 heterocycles. The molecule has 118 valence electrons. The molecule has 0 radical (unpaired) electrons. The summed E-state index contributed by atoms with van der Waals surface area (Å²) in [5.74, 6) is 0. The van der Waals surface area contributed by atoms with E-state index in [4.69, 9.17) is 0 Å². The topological polar surface area (TPSA) is 49.8 Å². The smallest absolute Gasteiger partial charge is 0.295 e. The summed E-state index contributed by atoms with van der Waals surface area (Å²) in [6.45, 7) is 1.89. The largest absolute Gasteiger partial charge is 0.349 e. The molecule has 0 aliphatic carbocycles. The van der Waals surface area contributed by atoms with Gasteiger partial charge in [-0.3, -0.25) is 9.89 Å². The lowest BCUT2D eigenvalue weighted by molar-refractivity contribution is 0.835. The molecule has 0 amide bonds. The van der Waals surface area contributed by atoms with Crippen molar-refractivity contribution in [1.82, 2.24) is 9.78 Å². The molecule has 0 unspecified atom stereocenters. The van der Waals surface area contributed by atoms with E-state index < -0.39 is 0 Å². The Kier molecular flexibility index (Phi) is 3.43. The predicted molar refractivity (Wildman–Crippen MR) is 98.4 cm³/mol. The van der Waals surface area contributed by atoms with Crippen molar-refractivity contribution in [3.63, 3.8) is 0 Å². The van der Waals surface area contributed by atoms with Crippen molar-refractivity contribution in [3.8, 4) is 5.69 Å². The first-order valence-corrected chi connectivity index (χ1v) is 7.85. The number of aryl methyl sites for hydroxylation is 1. The molecule has 4 nitrogen and oxygen atoms in total. The third kappa shape index (κ3) is 2.48. The molecule has 0 bridgehead atoms. The van der Waals surface area contributed by atoms with Gasteiger partial charge in [0.1, 0.15) is 5.69 Å². The SMILES string of the molecule is Cc1[nH]n(-c2ccccc2)c(=O)c1Nc1ccc2ccccc2c1. The van der Waals surface area contributed by atoms with E-state index in [0.29, 0.717) is 5.69 Å². The molecule has 24 heavy (non-hydrogen) atoms. The summed E-state index contributed by atoms with van der Waals surface area (Å²) >= 11 is 0. The first kappa shape index (κ1) is 14.3. The van der Waals surface area contributed by atoms with Crippen LogP contribution in [0.4, 0.5) is 11.4 Å². The van der Waals surface area contributed by atoms with E-state index in [2.05, 4.69) is 28.6 Å². The monoisotopic (exact) mass is 315 g/mol. The molecule has 0 atom stereocenters. The Morgan fingerprint density at radius 1 is 0.875 bits per heavy atom. The number of para-hydroxylation sites is 1. The van der Waals surface area contributed by atoms with Crippen molar-refractivity contribution >= 4 is 22.1 Å². The van der Waals surface area contributed by atoms with Crippen molar-refractivity contribution in [2.75, 3.05) is 5.32 Å². The molecule has 4 aromatic rings. The Bertz CT molecular complexity index is 1060. The Labute approximate surface area is 139 Å².